The Morgan fingerprint density at radius 2 is 2.04 bits per heavy atom. The molecule has 0 aromatic heterocycles. The molecule has 2 N–H and O–H groups in total. The largest absolute Gasteiger partial charge is 0.347 e. The third-order valence-corrected chi connectivity index (χ3v) is 4.81. The highest BCUT2D eigenvalue weighted by molar-refractivity contribution is 6.39. The number of ether oxygens (including phenoxy) is 2. The fourth-order valence-electron chi connectivity index (χ4n) is 3.04. The third kappa shape index (κ3) is 3.88. The Morgan fingerprint density at radius 1 is 1.29 bits per heavy atom. The number of aryl methyl sites for hydroxylation is 1. The van der Waals surface area contributed by atoms with E-state index in [1.54, 1.807) is 18.2 Å². The van der Waals surface area contributed by atoms with E-state index in [2.05, 4.69) is 10.6 Å². The number of halogens is 1. The maximum Gasteiger partial charge on any atom is 0.313 e. The summed E-state index contributed by atoms with van der Waals surface area (Å²) >= 11 is 6.00. The van der Waals surface area contributed by atoms with Crippen LogP contribution < -0.4 is 10.6 Å². The zero-order valence-electron chi connectivity index (χ0n) is 13.6. The van der Waals surface area contributed by atoms with Crippen molar-refractivity contribution in [1.29, 1.82) is 0 Å². The first kappa shape index (κ1) is 17.2. The van der Waals surface area contributed by atoms with Crippen LogP contribution in [0.15, 0.2) is 18.2 Å². The topological polar surface area (TPSA) is 76.7 Å². The number of hydrogen-bond acceptors (Lipinski definition) is 4. The summed E-state index contributed by atoms with van der Waals surface area (Å²) in [6.07, 6.45) is 3.77. The Labute approximate surface area is 145 Å². The number of carbonyl (C=O) groups excluding carboxylic acids is 2. The summed E-state index contributed by atoms with van der Waals surface area (Å²) < 4.78 is 11.6. The highest BCUT2D eigenvalue weighted by Crippen LogP contribution is 2.38. The molecule has 3 rings (SSSR count). The van der Waals surface area contributed by atoms with Crippen molar-refractivity contribution >= 4 is 29.1 Å². The number of rotatable bonds is 3. The maximum atomic E-state index is 11.9. The monoisotopic (exact) mass is 352 g/mol. The van der Waals surface area contributed by atoms with Crippen LogP contribution in [0.1, 0.15) is 31.2 Å². The number of anilines is 1. The zero-order valence-corrected chi connectivity index (χ0v) is 14.3. The fraction of sp³-hybridized carbons (Fsp3) is 0.529. The molecule has 2 fully saturated rings. The second-order valence-corrected chi connectivity index (χ2v) is 6.70. The van der Waals surface area contributed by atoms with Gasteiger partial charge in [0.15, 0.2) is 5.79 Å². The van der Waals surface area contributed by atoms with Gasteiger partial charge in [-0.25, -0.2) is 0 Å². The number of amides is 2. The summed E-state index contributed by atoms with van der Waals surface area (Å²) in [6, 6.07) is 5.09. The van der Waals surface area contributed by atoms with E-state index >= 15 is 0 Å². The van der Waals surface area contributed by atoms with E-state index in [1.807, 2.05) is 6.92 Å². The molecule has 1 aliphatic heterocycles. The SMILES string of the molecule is Cc1ccc(NC(=O)C(=O)NC[C@H]2COC3(CCCC3)O2)cc1Cl. The lowest BCUT2D eigenvalue weighted by molar-refractivity contribution is -0.161. The van der Waals surface area contributed by atoms with Crippen molar-refractivity contribution in [2.45, 2.75) is 44.5 Å². The molecular weight excluding hydrogens is 332 g/mol. The predicted molar refractivity (Wildman–Crippen MR) is 89.9 cm³/mol. The summed E-state index contributed by atoms with van der Waals surface area (Å²) in [6.45, 7) is 2.56. The summed E-state index contributed by atoms with van der Waals surface area (Å²) in [7, 11) is 0. The second-order valence-electron chi connectivity index (χ2n) is 6.30. The van der Waals surface area contributed by atoms with Gasteiger partial charge in [-0.15, -0.1) is 0 Å². The van der Waals surface area contributed by atoms with Crippen LogP contribution in [0.25, 0.3) is 0 Å². The highest BCUT2D eigenvalue weighted by atomic mass is 35.5. The molecule has 1 aliphatic carbocycles. The molecule has 2 aliphatic rings. The minimum absolute atomic E-state index is 0.214. The van der Waals surface area contributed by atoms with Gasteiger partial charge in [-0.2, -0.15) is 0 Å². The third-order valence-electron chi connectivity index (χ3n) is 4.41. The Hall–Kier alpha value is -1.63. The Kier molecular flexibility index (Phi) is 5.08. The van der Waals surface area contributed by atoms with Crippen LogP contribution in [0, 0.1) is 6.92 Å². The summed E-state index contributed by atoms with van der Waals surface area (Å²) in [5.74, 6) is -1.90. The highest BCUT2D eigenvalue weighted by Gasteiger charge is 2.43. The Balaban J connectivity index is 1.46. The molecule has 2 amide bonds. The van der Waals surface area contributed by atoms with Crippen molar-refractivity contribution in [2.24, 2.45) is 0 Å². The molecule has 1 saturated carbocycles. The maximum absolute atomic E-state index is 11.9. The van der Waals surface area contributed by atoms with Crippen LogP contribution in [-0.4, -0.2) is 36.9 Å². The number of hydrogen-bond donors (Lipinski definition) is 2. The van der Waals surface area contributed by atoms with Crippen LogP contribution in [0.4, 0.5) is 5.69 Å². The van der Waals surface area contributed by atoms with E-state index in [-0.39, 0.29) is 12.6 Å². The minimum Gasteiger partial charge on any atom is -0.347 e. The molecule has 1 saturated heterocycles. The van der Waals surface area contributed by atoms with Crippen LogP contribution >= 0.6 is 11.6 Å². The van der Waals surface area contributed by atoms with E-state index in [0.29, 0.717) is 17.3 Å². The van der Waals surface area contributed by atoms with Crippen molar-refractivity contribution in [3.8, 4) is 0 Å². The van der Waals surface area contributed by atoms with Gasteiger partial charge < -0.3 is 20.1 Å². The first-order valence-corrected chi connectivity index (χ1v) is 8.52. The molecule has 24 heavy (non-hydrogen) atoms. The van der Waals surface area contributed by atoms with Gasteiger partial charge in [-0.1, -0.05) is 17.7 Å². The van der Waals surface area contributed by atoms with Crippen molar-refractivity contribution in [3.05, 3.63) is 28.8 Å². The van der Waals surface area contributed by atoms with Gasteiger partial charge in [0, 0.05) is 30.1 Å². The molecule has 0 unspecified atom stereocenters. The van der Waals surface area contributed by atoms with E-state index in [4.69, 9.17) is 21.1 Å². The van der Waals surface area contributed by atoms with E-state index < -0.39 is 17.6 Å². The van der Waals surface area contributed by atoms with Crippen LogP contribution in [0.3, 0.4) is 0 Å². The van der Waals surface area contributed by atoms with Crippen molar-refractivity contribution < 1.29 is 19.1 Å². The first-order valence-electron chi connectivity index (χ1n) is 8.15. The average Bonchev–Trinajstić information content (AvgIpc) is 3.19. The van der Waals surface area contributed by atoms with Crippen LogP contribution in [0.5, 0.6) is 0 Å². The number of benzene rings is 1. The fourth-order valence-corrected chi connectivity index (χ4v) is 3.22. The normalized spacial score (nSPS) is 21.8. The predicted octanol–water partition coefficient (Wildman–Crippen LogP) is 2.39. The summed E-state index contributed by atoms with van der Waals surface area (Å²) in [5.41, 5.74) is 1.38. The van der Waals surface area contributed by atoms with Gasteiger partial charge in [0.2, 0.25) is 0 Å². The van der Waals surface area contributed by atoms with Gasteiger partial charge in [0.1, 0.15) is 6.10 Å². The lowest BCUT2D eigenvalue weighted by Gasteiger charge is -2.21. The molecule has 1 heterocycles. The lowest BCUT2D eigenvalue weighted by atomic mass is 10.2. The molecule has 7 heteroatoms. The van der Waals surface area contributed by atoms with Gasteiger partial charge in [0.25, 0.3) is 0 Å². The molecule has 1 atom stereocenters. The van der Waals surface area contributed by atoms with Crippen molar-refractivity contribution in [1.82, 2.24) is 5.32 Å². The number of nitrogens with one attached hydrogen (secondary N) is 2. The molecule has 0 radical (unpaired) electrons. The van der Waals surface area contributed by atoms with E-state index in [1.165, 1.54) is 0 Å². The lowest BCUT2D eigenvalue weighted by Crippen LogP contribution is -2.40. The quantitative estimate of drug-likeness (QED) is 0.819. The van der Waals surface area contributed by atoms with E-state index in [0.717, 1.165) is 31.2 Å². The van der Waals surface area contributed by atoms with Gasteiger partial charge in [-0.05, 0) is 37.5 Å². The summed E-state index contributed by atoms with van der Waals surface area (Å²) in [4.78, 5) is 23.8. The smallest absolute Gasteiger partial charge is 0.313 e. The van der Waals surface area contributed by atoms with Crippen molar-refractivity contribution in [3.63, 3.8) is 0 Å². The van der Waals surface area contributed by atoms with Gasteiger partial charge >= 0.3 is 11.8 Å². The Morgan fingerprint density at radius 3 is 2.75 bits per heavy atom. The molecule has 1 spiro atoms. The first-order chi connectivity index (χ1) is 11.5. The Bertz CT molecular complexity index is 643. The minimum atomic E-state index is -0.732. The zero-order chi connectivity index (χ0) is 17.2. The molecule has 6 nitrogen and oxygen atoms in total. The number of carbonyl (C=O) groups is 2. The molecule has 1 aromatic rings. The van der Waals surface area contributed by atoms with Gasteiger partial charge in [0.05, 0.1) is 6.61 Å². The molecular formula is C17H21ClN2O4. The van der Waals surface area contributed by atoms with E-state index in [9.17, 15) is 9.59 Å². The van der Waals surface area contributed by atoms with Gasteiger partial charge in [-0.3, -0.25) is 9.59 Å². The molecule has 130 valence electrons. The average molecular weight is 353 g/mol. The van der Waals surface area contributed by atoms with Crippen LogP contribution in [0.2, 0.25) is 5.02 Å². The second kappa shape index (κ2) is 7.09. The molecule has 0 bridgehead atoms. The van der Waals surface area contributed by atoms with Crippen molar-refractivity contribution in [2.75, 3.05) is 18.5 Å². The molecule has 1 aromatic carbocycles. The van der Waals surface area contributed by atoms with Crippen LogP contribution in [-0.2, 0) is 19.1 Å². The standard InChI is InChI=1S/C17H21ClN2O4/c1-11-4-5-12(8-14(11)18)20-16(22)15(21)19-9-13-10-23-17(24-13)6-2-3-7-17/h4-5,8,13H,2-3,6-7,9-10H2,1H3,(H,19,21)(H,20,22)/t13-/m0/s1. The summed E-state index contributed by atoms with van der Waals surface area (Å²) in [5, 5.41) is 5.65.